The number of amides is 1. The molecule has 0 spiro atoms. The summed E-state index contributed by atoms with van der Waals surface area (Å²) >= 11 is 0. The van der Waals surface area contributed by atoms with E-state index in [0.29, 0.717) is 37.2 Å². The monoisotopic (exact) mass is 623 g/mol. The van der Waals surface area contributed by atoms with Gasteiger partial charge in [-0.2, -0.15) is 0 Å². The van der Waals surface area contributed by atoms with Crippen molar-refractivity contribution in [2.75, 3.05) is 45.4 Å². The molecule has 43 heavy (non-hydrogen) atoms. The fourth-order valence-electron chi connectivity index (χ4n) is 4.23. The van der Waals surface area contributed by atoms with Gasteiger partial charge in [0.25, 0.3) is 12.3 Å². The standard InChI is InChI=1S/C28H34F3N6O5S/c1-41-19-5-4-17(24(12-19)37-43(3,39)40)16-35-23(21(15-32)27(30)31)8-11-34-25-14-22(29)20(13-26(25)42-2)28(38)36-18-6-9-33-10-7-18/h4-5,8,12-15,18,27H,6-7,9-11,16,32H2,1-3H3,(H2,34,36,38)/q-3. The molecule has 4 N–H and O–H groups in total. The minimum atomic E-state index is -3.79. The summed E-state index contributed by atoms with van der Waals surface area (Å²) < 4.78 is 80.3. The van der Waals surface area contributed by atoms with Gasteiger partial charge < -0.3 is 41.2 Å². The van der Waals surface area contributed by atoms with Gasteiger partial charge in [-0.1, -0.05) is 30.5 Å². The van der Waals surface area contributed by atoms with Crippen LogP contribution in [-0.2, 0) is 16.6 Å². The number of nitrogens with zero attached hydrogens (tertiary/aromatic N) is 3. The lowest BCUT2D eigenvalue weighted by molar-refractivity contribution is 0.0928. The summed E-state index contributed by atoms with van der Waals surface area (Å²) in [7, 11) is -1.04. The zero-order chi connectivity index (χ0) is 31.6. The molecule has 0 unspecified atom stereocenters. The van der Waals surface area contributed by atoms with Crippen molar-refractivity contribution < 1.29 is 35.9 Å². The molecule has 1 saturated heterocycles. The van der Waals surface area contributed by atoms with E-state index in [1.807, 2.05) is 0 Å². The minimum absolute atomic E-state index is 0.0428. The molecule has 2 aromatic rings. The molecule has 0 saturated carbocycles. The van der Waals surface area contributed by atoms with Crippen LogP contribution in [-0.4, -0.2) is 66.9 Å². The maximum absolute atomic E-state index is 15.0. The van der Waals surface area contributed by atoms with E-state index < -0.39 is 33.7 Å². The molecule has 236 valence electrons. The smallest absolute Gasteiger partial charge is 0.264 e. The maximum atomic E-state index is 15.0. The number of rotatable bonds is 14. The van der Waals surface area contributed by atoms with E-state index in [4.69, 9.17) is 15.2 Å². The Bertz CT molecular complexity index is 1450. The number of carbonyl (C=O) groups is 1. The molecule has 1 aliphatic heterocycles. The van der Waals surface area contributed by atoms with E-state index in [-0.39, 0.29) is 47.5 Å². The summed E-state index contributed by atoms with van der Waals surface area (Å²) in [4.78, 5) is 12.7. The largest absolute Gasteiger partial charge is 0.681 e. The first-order valence-corrected chi connectivity index (χ1v) is 15.0. The maximum Gasteiger partial charge on any atom is 0.264 e. The number of hydrogen-bond donors (Lipinski definition) is 3. The molecular formula is C28H34F3N6O5S-3. The number of alkyl halides is 2. The third-order valence-corrected chi connectivity index (χ3v) is 6.94. The molecule has 1 aliphatic rings. The van der Waals surface area contributed by atoms with Gasteiger partial charge >= 0.3 is 0 Å². The van der Waals surface area contributed by atoms with Crippen LogP contribution in [0.2, 0.25) is 0 Å². The second kappa shape index (κ2) is 15.4. The SMILES string of the molecule is COc1ccc(C[N-]C(=CCNc2cc(F)c(C(=O)NC3CC[N-]CC3)cc2OC)C(=CN)C(F)F)c([N-]S(C)(=O)=O)c1. The summed E-state index contributed by atoms with van der Waals surface area (Å²) in [6, 6.07) is 6.70. The molecule has 2 aromatic carbocycles. The first-order valence-electron chi connectivity index (χ1n) is 13.2. The molecule has 0 atom stereocenters. The van der Waals surface area contributed by atoms with Gasteiger partial charge in [-0.3, -0.25) is 4.79 Å². The van der Waals surface area contributed by atoms with Crippen molar-refractivity contribution in [3.8, 4) is 11.5 Å². The lowest BCUT2D eigenvalue weighted by Gasteiger charge is -2.32. The Morgan fingerprint density at radius 2 is 1.91 bits per heavy atom. The zero-order valence-electron chi connectivity index (χ0n) is 23.9. The van der Waals surface area contributed by atoms with E-state index in [9.17, 15) is 26.4 Å². The summed E-state index contributed by atoms with van der Waals surface area (Å²) in [6.07, 6.45) is 1.33. The van der Waals surface area contributed by atoms with Crippen LogP contribution >= 0.6 is 0 Å². The molecule has 0 radical (unpaired) electrons. The van der Waals surface area contributed by atoms with Gasteiger partial charge in [0.05, 0.1) is 35.5 Å². The first kappa shape index (κ1) is 33.4. The van der Waals surface area contributed by atoms with Gasteiger partial charge in [0.15, 0.2) is 0 Å². The van der Waals surface area contributed by atoms with Crippen LogP contribution in [0.5, 0.6) is 11.5 Å². The van der Waals surface area contributed by atoms with Crippen LogP contribution in [0.3, 0.4) is 0 Å². The van der Waals surface area contributed by atoms with Crippen molar-refractivity contribution in [3.63, 3.8) is 0 Å². The van der Waals surface area contributed by atoms with Crippen molar-refractivity contribution in [1.82, 2.24) is 5.32 Å². The van der Waals surface area contributed by atoms with E-state index in [1.165, 1.54) is 38.5 Å². The minimum Gasteiger partial charge on any atom is -0.681 e. The summed E-state index contributed by atoms with van der Waals surface area (Å²) in [5.74, 6) is -0.876. The van der Waals surface area contributed by atoms with Gasteiger partial charge in [-0.25, -0.2) is 21.6 Å². The molecule has 11 nitrogen and oxygen atoms in total. The predicted octanol–water partition coefficient (Wildman–Crippen LogP) is 5.05. The molecule has 0 aromatic heterocycles. The molecule has 0 bridgehead atoms. The number of allylic oxidation sites excluding steroid dienone is 1. The molecular weight excluding hydrogens is 589 g/mol. The Morgan fingerprint density at radius 1 is 1.19 bits per heavy atom. The summed E-state index contributed by atoms with van der Waals surface area (Å²) in [6.45, 7) is 0.931. The van der Waals surface area contributed by atoms with Gasteiger partial charge in [0.2, 0.25) is 0 Å². The topological polar surface area (TPSA) is 162 Å². The molecule has 0 aliphatic carbocycles. The lowest BCUT2D eigenvalue weighted by atomic mass is 10.1. The predicted molar refractivity (Wildman–Crippen MR) is 159 cm³/mol. The molecule has 1 heterocycles. The number of nitrogens with one attached hydrogen (secondary N) is 2. The summed E-state index contributed by atoms with van der Waals surface area (Å²) in [5, 5.41) is 14.2. The van der Waals surface area contributed by atoms with Crippen molar-refractivity contribution in [2.24, 2.45) is 5.73 Å². The summed E-state index contributed by atoms with van der Waals surface area (Å²) in [5.41, 5.74) is 5.06. The Morgan fingerprint density at radius 3 is 2.51 bits per heavy atom. The Balaban J connectivity index is 1.80. The molecule has 15 heteroatoms. The average molecular weight is 624 g/mol. The van der Waals surface area contributed by atoms with E-state index in [2.05, 4.69) is 26.0 Å². The zero-order valence-corrected chi connectivity index (χ0v) is 24.8. The van der Waals surface area contributed by atoms with Crippen LogP contribution in [0.25, 0.3) is 15.4 Å². The highest BCUT2D eigenvalue weighted by Gasteiger charge is 2.19. The van der Waals surface area contributed by atoms with Gasteiger partial charge in [-0.05, 0) is 18.2 Å². The van der Waals surface area contributed by atoms with Crippen molar-refractivity contribution in [2.45, 2.75) is 31.9 Å². The number of carbonyl (C=O) groups excluding carboxylic acids is 1. The number of ether oxygens (including phenoxy) is 2. The Kier molecular flexibility index (Phi) is 11.9. The second-order valence-corrected chi connectivity index (χ2v) is 11.1. The highest BCUT2D eigenvalue weighted by atomic mass is 32.2. The normalized spacial score (nSPS) is 14.8. The number of benzene rings is 2. The molecule has 1 amide bonds. The quantitative estimate of drug-likeness (QED) is 0.248. The number of sulfonamides is 1. The van der Waals surface area contributed by atoms with Crippen molar-refractivity contribution in [1.29, 1.82) is 0 Å². The molecule has 1 fully saturated rings. The first-order chi connectivity index (χ1) is 20.4. The van der Waals surface area contributed by atoms with Crippen LogP contribution in [0.4, 0.5) is 24.5 Å². The third kappa shape index (κ3) is 9.71. The Labute approximate surface area is 249 Å². The second-order valence-electron chi connectivity index (χ2n) is 9.48. The van der Waals surface area contributed by atoms with E-state index in [0.717, 1.165) is 18.5 Å². The van der Waals surface area contributed by atoms with Crippen molar-refractivity contribution in [3.05, 3.63) is 86.2 Å². The van der Waals surface area contributed by atoms with Crippen LogP contribution in [0.15, 0.2) is 53.9 Å². The van der Waals surface area contributed by atoms with Gasteiger partial charge in [0, 0.05) is 36.7 Å². The number of halogens is 3. The molecule has 3 rings (SSSR count). The van der Waals surface area contributed by atoms with Crippen LogP contribution in [0, 0.1) is 5.82 Å². The fourth-order valence-corrected chi connectivity index (χ4v) is 4.76. The van der Waals surface area contributed by atoms with Gasteiger partial charge in [-0.15, -0.1) is 31.0 Å². The highest BCUT2D eigenvalue weighted by Crippen LogP contribution is 2.34. The van der Waals surface area contributed by atoms with Gasteiger partial charge in [0.1, 0.15) is 17.3 Å². The number of hydrogen-bond acceptors (Lipinski definition) is 7. The number of methoxy groups -OCH3 is 2. The highest BCUT2D eigenvalue weighted by molar-refractivity contribution is 7.93. The number of anilines is 1. The van der Waals surface area contributed by atoms with Crippen molar-refractivity contribution >= 4 is 27.3 Å². The number of nitrogens with two attached hydrogens (primary N) is 1. The number of piperidine rings is 1. The van der Waals surface area contributed by atoms with Crippen LogP contribution < -0.4 is 25.8 Å². The lowest BCUT2D eigenvalue weighted by Crippen LogP contribution is -2.38. The fraction of sp³-hybridized carbons (Fsp3) is 0.393. The Hall–Kier alpha value is -4.11. The van der Waals surface area contributed by atoms with E-state index >= 15 is 0 Å². The average Bonchev–Trinajstić information content (AvgIpc) is 2.96. The van der Waals surface area contributed by atoms with Crippen LogP contribution in [0.1, 0.15) is 28.8 Å². The van der Waals surface area contributed by atoms with E-state index in [1.54, 1.807) is 6.07 Å². The third-order valence-electron chi connectivity index (χ3n) is 6.42.